The summed E-state index contributed by atoms with van der Waals surface area (Å²) in [6.07, 6.45) is 2.74. The molecule has 0 aliphatic carbocycles. The summed E-state index contributed by atoms with van der Waals surface area (Å²) in [7, 11) is 1.98. The van der Waals surface area contributed by atoms with Crippen LogP contribution in [0.3, 0.4) is 0 Å². The van der Waals surface area contributed by atoms with Crippen molar-refractivity contribution in [2.24, 2.45) is 7.05 Å². The number of nitrogens with zero attached hydrogens (tertiary/aromatic N) is 5. The molecule has 0 atom stereocenters. The zero-order chi connectivity index (χ0) is 15.1. The minimum atomic E-state index is 0.824. The fourth-order valence-corrected chi connectivity index (χ4v) is 5.70. The predicted octanol–water partition coefficient (Wildman–Crippen LogP) is 2.36. The fraction of sp³-hybridized carbons (Fsp3) is 0.733. The van der Waals surface area contributed by atoms with Crippen LogP contribution < -0.4 is 4.90 Å². The molecule has 2 aliphatic heterocycles. The number of rotatable bonds is 2. The van der Waals surface area contributed by atoms with Crippen molar-refractivity contribution >= 4 is 38.6 Å². The van der Waals surface area contributed by atoms with Crippen molar-refractivity contribution in [3.8, 4) is 0 Å². The van der Waals surface area contributed by atoms with Gasteiger partial charge in [-0.2, -0.15) is 16.9 Å². The Hall–Kier alpha value is -0.790. The molecule has 2 fully saturated rings. The van der Waals surface area contributed by atoms with Crippen molar-refractivity contribution in [1.82, 2.24) is 19.7 Å². The first-order chi connectivity index (χ1) is 10.7. The topological polar surface area (TPSA) is 37.2 Å². The van der Waals surface area contributed by atoms with Crippen molar-refractivity contribution in [3.63, 3.8) is 0 Å². The molecule has 0 spiro atoms. The van der Waals surface area contributed by atoms with Gasteiger partial charge in [0.15, 0.2) is 10.8 Å². The van der Waals surface area contributed by atoms with Gasteiger partial charge in [-0.1, -0.05) is 11.3 Å². The van der Waals surface area contributed by atoms with E-state index in [1.807, 2.05) is 11.7 Å². The maximum Gasteiger partial charge on any atom is 0.188 e. The van der Waals surface area contributed by atoms with E-state index in [0.29, 0.717) is 0 Å². The summed E-state index contributed by atoms with van der Waals surface area (Å²) >= 11 is 3.91. The van der Waals surface area contributed by atoms with Crippen molar-refractivity contribution in [3.05, 3.63) is 5.69 Å². The van der Waals surface area contributed by atoms with Gasteiger partial charge in [0.1, 0.15) is 0 Å². The molecule has 2 saturated heterocycles. The molecule has 0 N–H and O–H groups in total. The van der Waals surface area contributed by atoms with E-state index < -0.39 is 0 Å². The second kappa shape index (κ2) is 6.02. The lowest BCUT2D eigenvalue weighted by Gasteiger charge is -2.40. The number of hydrogen-bond acceptors (Lipinski definition) is 6. The molecule has 2 aromatic heterocycles. The maximum absolute atomic E-state index is 4.82. The smallest absolute Gasteiger partial charge is 0.188 e. The van der Waals surface area contributed by atoms with E-state index >= 15 is 0 Å². The summed E-state index contributed by atoms with van der Waals surface area (Å²) in [6, 6.07) is 0.824. The van der Waals surface area contributed by atoms with Crippen LogP contribution in [0.1, 0.15) is 18.5 Å². The highest BCUT2D eigenvalue weighted by Gasteiger charge is 2.27. The van der Waals surface area contributed by atoms with E-state index in [2.05, 4.69) is 33.6 Å². The molecule has 22 heavy (non-hydrogen) atoms. The predicted molar refractivity (Wildman–Crippen MR) is 95.3 cm³/mol. The quantitative estimate of drug-likeness (QED) is 0.841. The first-order valence-electron chi connectivity index (χ1n) is 8.09. The van der Waals surface area contributed by atoms with Crippen LogP contribution in [-0.4, -0.2) is 63.4 Å². The normalized spacial score (nSPS) is 21.8. The lowest BCUT2D eigenvalue weighted by molar-refractivity contribution is 0.175. The van der Waals surface area contributed by atoms with Crippen LogP contribution in [0, 0.1) is 6.92 Å². The average Bonchev–Trinajstić information content (AvgIpc) is 3.11. The molecular weight excluding hydrogens is 314 g/mol. The summed E-state index contributed by atoms with van der Waals surface area (Å²) in [5.41, 5.74) is 2.13. The molecule has 4 rings (SSSR count). The molecule has 0 aromatic carbocycles. The lowest BCUT2D eigenvalue weighted by Crippen LogP contribution is -2.51. The first-order valence-corrected chi connectivity index (χ1v) is 10.1. The third-order valence-electron chi connectivity index (χ3n) is 4.83. The van der Waals surface area contributed by atoms with Crippen LogP contribution in [0.5, 0.6) is 0 Å². The Bertz CT molecular complexity index is 616. The minimum absolute atomic E-state index is 0.824. The summed E-state index contributed by atoms with van der Waals surface area (Å²) in [5.74, 6) is 2.68. The molecule has 2 aliphatic rings. The minimum Gasteiger partial charge on any atom is -0.345 e. The van der Waals surface area contributed by atoms with Gasteiger partial charge in [-0.25, -0.2) is 9.67 Å². The second-order valence-electron chi connectivity index (χ2n) is 6.22. The summed E-state index contributed by atoms with van der Waals surface area (Å²) in [5, 5.41) is 5.62. The molecule has 5 nitrogen and oxygen atoms in total. The third-order valence-corrected chi connectivity index (χ3v) is 7.09. The fourth-order valence-electron chi connectivity index (χ4n) is 3.54. The zero-order valence-electron chi connectivity index (χ0n) is 13.3. The largest absolute Gasteiger partial charge is 0.345 e. The van der Waals surface area contributed by atoms with Gasteiger partial charge in [-0.3, -0.25) is 4.90 Å². The van der Waals surface area contributed by atoms with Crippen LogP contribution in [0.4, 0.5) is 5.13 Å². The monoisotopic (exact) mass is 337 g/mol. The van der Waals surface area contributed by atoms with Gasteiger partial charge in [-0.05, 0) is 31.3 Å². The number of aromatic nitrogens is 3. The molecule has 2 aromatic rings. The summed E-state index contributed by atoms with van der Waals surface area (Å²) < 4.78 is 3.14. The van der Waals surface area contributed by atoms with Gasteiger partial charge in [0.2, 0.25) is 0 Å². The molecule has 0 amide bonds. The summed E-state index contributed by atoms with van der Waals surface area (Å²) in [4.78, 5) is 9.98. The van der Waals surface area contributed by atoms with Crippen LogP contribution in [0.15, 0.2) is 0 Å². The SMILES string of the molecule is Cc1nn(C)c2nc(N3CCN(C4CCSCC4)CC3)sc12. The molecule has 0 bridgehead atoms. The van der Waals surface area contributed by atoms with Crippen LogP contribution in [0.25, 0.3) is 10.3 Å². The van der Waals surface area contributed by atoms with Crippen molar-refractivity contribution < 1.29 is 0 Å². The Kier molecular flexibility index (Phi) is 4.04. The Labute approximate surface area is 139 Å². The highest BCUT2D eigenvalue weighted by molar-refractivity contribution is 7.99. The Morgan fingerprint density at radius 1 is 1.09 bits per heavy atom. The van der Waals surface area contributed by atoms with Crippen LogP contribution in [-0.2, 0) is 7.05 Å². The van der Waals surface area contributed by atoms with E-state index in [4.69, 9.17) is 4.98 Å². The van der Waals surface area contributed by atoms with E-state index in [0.717, 1.165) is 30.5 Å². The maximum atomic E-state index is 4.82. The number of aryl methyl sites for hydroxylation is 2. The van der Waals surface area contributed by atoms with E-state index in [9.17, 15) is 0 Å². The van der Waals surface area contributed by atoms with Gasteiger partial charge < -0.3 is 4.90 Å². The molecule has 4 heterocycles. The van der Waals surface area contributed by atoms with Gasteiger partial charge in [-0.15, -0.1) is 0 Å². The second-order valence-corrected chi connectivity index (χ2v) is 8.43. The number of fused-ring (bicyclic) bond motifs is 1. The highest BCUT2D eigenvalue weighted by atomic mass is 32.2. The third kappa shape index (κ3) is 2.63. The summed E-state index contributed by atoms with van der Waals surface area (Å²) in [6.45, 7) is 6.65. The van der Waals surface area contributed by atoms with Crippen molar-refractivity contribution in [2.45, 2.75) is 25.8 Å². The zero-order valence-corrected chi connectivity index (χ0v) is 14.9. The Morgan fingerprint density at radius 3 is 2.50 bits per heavy atom. The van der Waals surface area contributed by atoms with Gasteiger partial charge in [0.25, 0.3) is 0 Å². The Balaban J connectivity index is 1.44. The van der Waals surface area contributed by atoms with Crippen LogP contribution in [0.2, 0.25) is 0 Å². The van der Waals surface area contributed by atoms with Crippen LogP contribution >= 0.6 is 23.1 Å². The van der Waals surface area contributed by atoms with Gasteiger partial charge in [0, 0.05) is 39.3 Å². The van der Waals surface area contributed by atoms with Crippen molar-refractivity contribution in [2.75, 3.05) is 42.6 Å². The van der Waals surface area contributed by atoms with E-state index in [1.54, 1.807) is 11.3 Å². The number of thiazole rings is 1. The first kappa shape index (κ1) is 14.8. The van der Waals surface area contributed by atoms with Gasteiger partial charge >= 0.3 is 0 Å². The Morgan fingerprint density at radius 2 is 1.82 bits per heavy atom. The van der Waals surface area contributed by atoms with E-state index in [-0.39, 0.29) is 0 Å². The lowest BCUT2D eigenvalue weighted by atomic mass is 10.1. The molecule has 7 heteroatoms. The van der Waals surface area contributed by atoms with Crippen molar-refractivity contribution in [1.29, 1.82) is 0 Å². The number of thioether (sulfide) groups is 1. The highest BCUT2D eigenvalue weighted by Crippen LogP contribution is 2.32. The number of hydrogen-bond donors (Lipinski definition) is 0. The molecular formula is C15H23N5S2. The number of anilines is 1. The molecule has 0 unspecified atom stereocenters. The van der Waals surface area contributed by atoms with Gasteiger partial charge in [0.05, 0.1) is 10.4 Å². The molecule has 0 saturated carbocycles. The molecule has 120 valence electrons. The average molecular weight is 338 g/mol. The molecule has 0 radical (unpaired) electrons. The standard InChI is InChI=1S/C15H23N5S2/c1-11-13-14(18(2)17-11)16-15(22-13)20-7-5-19(6-8-20)12-3-9-21-10-4-12/h12H,3-10H2,1-2H3. The number of piperazine rings is 1. The van der Waals surface area contributed by atoms with E-state index in [1.165, 1.54) is 47.3 Å².